The molecule has 106 valence electrons. The zero-order valence-corrected chi connectivity index (χ0v) is 11.7. The van der Waals surface area contributed by atoms with E-state index in [4.69, 9.17) is 18.9 Å². The first-order valence-corrected chi connectivity index (χ1v) is 6.76. The van der Waals surface area contributed by atoms with Gasteiger partial charge in [0.2, 0.25) is 0 Å². The molecule has 1 fully saturated rings. The highest BCUT2D eigenvalue weighted by molar-refractivity contribution is 5.26. The Kier molecular flexibility index (Phi) is 5.19. The monoisotopic (exact) mass is 266 g/mol. The number of hydrogen-bond acceptors (Lipinski definition) is 4. The molecule has 0 bridgehead atoms. The van der Waals surface area contributed by atoms with Gasteiger partial charge in [-0.1, -0.05) is 19.1 Å². The molecule has 1 heterocycles. The van der Waals surface area contributed by atoms with Crippen LogP contribution in [0.2, 0.25) is 0 Å². The molecule has 19 heavy (non-hydrogen) atoms. The van der Waals surface area contributed by atoms with E-state index >= 15 is 0 Å². The molecular formula is C15H22O4. The summed E-state index contributed by atoms with van der Waals surface area (Å²) in [4.78, 5) is 0. The van der Waals surface area contributed by atoms with E-state index in [2.05, 4.69) is 6.92 Å². The minimum absolute atomic E-state index is 0.417. The smallest absolute Gasteiger partial charge is 0.170 e. The Hall–Kier alpha value is -1.10. The highest BCUT2D eigenvalue weighted by Gasteiger charge is 2.33. The van der Waals surface area contributed by atoms with Crippen LogP contribution in [0.5, 0.6) is 5.75 Å². The van der Waals surface area contributed by atoms with Gasteiger partial charge in [0.05, 0.1) is 33.5 Å². The zero-order chi connectivity index (χ0) is 13.6. The summed E-state index contributed by atoms with van der Waals surface area (Å²) >= 11 is 0. The van der Waals surface area contributed by atoms with Gasteiger partial charge in [-0.15, -0.1) is 0 Å². The summed E-state index contributed by atoms with van der Waals surface area (Å²) in [5, 5.41) is 0. The lowest BCUT2D eigenvalue weighted by molar-refractivity contribution is -0.172. The minimum Gasteiger partial charge on any atom is -0.497 e. The first-order valence-electron chi connectivity index (χ1n) is 6.76. The van der Waals surface area contributed by atoms with E-state index < -0.39 is 5.79 Å². The van der Waals surface area contributed by atoms with E-state index in [1.165, 1.54) is 0 Å². The van der Waals surface area contributed by atoms with E-state index in [0.717, 1.165) is 24.2 Å². The number of methoxy groups -OCH3 is 1. The van der Waals surface area contributed by atoms with E-state index in [1.807, 2.05) is 24.3 Å². The van der Waals surface area contributed by atoms with Crippen LogP contribution in [0.1, 0.15) is 25.3 Å². The quantitative estimate of drug-likeness (QED) is 0.711. The summed E-state index contributed by atoms with van der Waals surface area (Å²) in [5.41, 5.74) is 1.14. The minimum atomic E-state index is -0.417. The molecule has 1 aromatic carbocycles. The third-order valence-corrected chi connectivity index (χ3v) is 3.41. The fourth-order valence-electron chi connectivity index (χ4n) is 2.16. The van der Waals surface area contributed by atoms with E-state index in [0.29, 0.717) is 26.4 Å². The van der Waals surface area contributed by atoms with Crippen molar-refractivity contribution in [3.05, 3.63) is 29.8 Å². The topological polar surface area (TPSA) is 36.9 Å². The normalized spacial score (nSPS) is 17.6. The second kappa shape index (κ2) is 6.89. The first kappa shape index (κ1) is 14.3. The molecule has 1 aromatic rings. The fraction of sp³-hybridized carbons (Fsp3) is 0.600. The maximum absolute atomic E-state index is 5.68. The average Bonchev–Trinajstić information content (AvgIpc) is 2.94. The Bertz CT molecular complexity index is 368. The van der Waals surface area contributed by atoms with Crippen LogP contribution in [-0.2, 0) is 20.8 Å². The van der Waals surface area contributed by atoms with Gasteiger partial charge >= 0.3 is 0 Å². The molecule has 0 amide bonds. The van der Waals surface area contributed by atoms with Crippen molar-refractivity contribution in [3.8, 4) is 5.75 Å². The van der Waals surface area contributed by atoms with Gasteiger partial charge in [-0.3, -0.25) is 0 Å². The Morgan fingerprint density at radius 1 is 1.16 bits per heavy atom. The molecule has 0 radical (unpaired) electrons. The molecule has 0 aliphatic carbocycles. The van der Waals surface area contributed by atoms with Crippen LogP contribution in [0.3, 0.4) is 0 Å². The molecular weight excluding hydrogens is 244 g/mol. The molecule has 4 heteroatoms. The summed E-state index contributed by atoms with van der Waals surface area (Å²) in [5.74, 6) is 0.446. The van der Waals surface area contributed by atoms with Gasteiger partial charge in [-0.25, -0.2) is 0 Å². The zero-order valence-electron chi connectivity index (χ0n) is 11.7. The van der Waals surface area contributed by atoms with Crippen LogP contribution in [0.4, 0.5) is 0 Å². The molecule has 0 atom stereocenters. The van der Waals surface area contributed by atoms with E-state index in [1.54, 1.807) is 7.11 Å². The van der Waals surface area contributed by atoms with Crippen molar-refractivity contribution in [2.75, 3.05) is 26.9 Å². The Labute approximate surface area is 114 Å². The van der Waals surface area contributed by atoms with Gasteiger partial charge in [-0.05, 0) is 24.1 Å². The number of ether oxygens (including phenoxy) is 4. The van der Waals surface area contributed by atoms with Gasteiger partial charge < -0.3 is 18.9 Å². The fourth-order valence-corrected chi connectivity index (χ4v) is 2.16. The molecule has 0 saturated carbocycles. The lowest BCUT2D eigenvalue weighted by Crippen LogP contribution is -2.30. The van der Waals surface area contributed by atoms with Crippen molar-refractivity contribution in [2.24, 2.45) is 0 Å². The molecule has 1 aliphatic heterocycles. The molecule has 2 rings (SSSR count). The van der Waals surface area contributed by atoms with Crippen LogP contribution >= 0.6 is 0 Å². The van der Waals surface area contributed by atoms with Gasteiger partial charge in [-0.2, -0.15) is 0 Å². The summed E-state index contributed by atoms with van der Waals surface area (Å²) in [7, 11) is 1.66. The molecule has 4 nitrogen and oxygen atoms in total. The predicted octanol–water partition coefficient (Wildman–Crippen LogP) is 2.76. The number of benzene rings is 1. The summed E-state index contributed by atoms with van der Waals surface area (Å²) in [6.45, 7) is 4.69. The second-order valence-electron chi connectivity index (χ2n) is 4.61. The maximum Gasteiger partial charge on any atom is 0.170 e. The van der Waals surface area contributed by atoms with Gasteiger partial charge in [0, 0.05) is 6.42 Å². The van der Waals surface area contributed by atoms with Crippen molar-refractivity contribution >= 4 is 0 Å². The molecule has 0 aromatic heterocycles. The number of rotatable bonds is 7. The third kappa shape index (κ3) is 3.93. The van der Waals surface area contributed by atoms with Crippen molar-refractivity contribution in [1.29, 1.82) is 0 Å². The Balaban J connectivity index is 1.71. The van der Waals surface area contributed by atoms with Gasteiger partial charge in [0.15, 0.2) is 5.79 Å². The standard InChI is InChI=1S/C15H22O4/c1-3-15(18-10-11-19-15)8-9-17-12-13-4-6-14(16-2)7-5-13/h4-7H,3,8-12H2,1-2H3. The van der Waals surface area contributed by atoms with Crippen LogP contribution < -0.4 is 4.74 Å². The predicted molar refractivity (Wildman–Crippen MR) is 72.2 cm³/mol. The molecule has 0 N–H and O–H groups in total. The lowest BCUT2D eigenvalue weighted by Gasteiger charge is -2.25. The average molecular weight is 266 g/mol. The van der Waals surface area contributed by atoms with Crippen molar-refractivity contribution in [2.45, 2.75) is 32.2 Å². The third-order valence-electron chi connectivity index (χ3n) is 3.41. The Morgan fingerprint density at radius 2 is 1.84 bits per heavy atom. The van der Waals surface area contributed by atoms with Gasteiger partial charge in [0.25, 0.3) is 0 Å². The largest absolute Gasteiger partial charge is 0.497 e. The highest BCUT2D eigenvalue weighted by Crippen LogP contribution is 2.27. The number of hydrogen-bond donors (Lipinski definition) is 0. The molecule has 1 aliphatic rings. The van der Waals surface area contributed by atoms with Crippen LogP contribution in [0, 0.1) is 0 Å². The molecule has 0 unspecified atom stereocenters. The van der Waals surface area contributed by atoms with Crippen molar-refractivity contribution < 1.29 is 18.9 Å². The second-order valence-corrected chi connectivity index (χ2v) is 4.61. The summed E-state index contributed by atoms with van der Waals surface area (Å²) < 4.78 is 22.1. The van der Waals surface area contributed by atoms with Gasteiger partial charge in [0.1, 0.15) is 5.75 Å². The van der Waals surface area contributed by atoms with E-state index in [-0.39, 0.29) is 0 Å². The van der Waals surface area contributed by atoms with Crippen LogP contribution in [0.15, 0.2) is 24.3 Å². The highest BCUT2D eigenvalue weighted by atomic mass is 16.7. The SMILES string of the molecule is CCC1(CCOCc2ccc(OC)cc2)OCCO1. The molecule has 1 saturated heterocycles. The summed E-state index contributed by atoms with van der Waals surface area (Å²) in [6.07, 6.45) is 1.64. The Morgan fingerprint density at radius 3 is 2.42 bits per heavy atom. The van der Waals surface area contributed by atoms with E-state index in [9.17, 15) is 0 Å². The van der Waals surface area contributed by atoms with Crippen molar-refractivity contribution in [3.63, 3.8) is 0 Å². The lowest BCUT2D eigenvalue weighted by atomic mass is 10.1. The first-order chi connectivity index (χ1) is 9.28. The van der Waals surface area contributed by atoms with Crippen LogP contribution in [0.25, 0.3) is 0 Å². The van der Waals surface area contributed by atoms with Crippen molar-refractivity contribution in [1.82, 2.24) is 0 Å². The maximum atomic E-state index is 5.68. The van der Waals surface area contributed by atoms with Crippen LogP contribution in [-0.4, -0.2) is 32.7 Å². The molecule has 0 spiro atoms. The summed E-state index contributed by atoms with van der Waals surface area (Å²) in [6, 6.07) is 7.90.